The summed E-state index contributed by atoms with van der Waals surface area (Å²) in [5.74, 6) is -0.336. The van der Waals surface area contributed by atoms with Crippen LogP contribution in [0.15, 0.2) is 0 Å². The maximum absolute atomic E-state index is 10.9. The van der Waals surface area contributed by atoms with Gasteiger partial charge in [0.05, 0.1) is 0 Å². The molecule has 0 aliphatic carbocycles. The van der Waals surface area contributed by atoms with Crippen molar-refractivity contribution in [3.8, 4) is 0 Å². The van der Waals surface area contributed by atoms with E-state index in [2.05, 4.69) is 0 Å². The van der Waals surface area contributed by atoms with Gasteiger partial charge in [0.15, 0.2) is 6.80 Å². The number of hydrogen-bond acceptors (Lipinski definition) is 1. The Labute approximate surface area is 35.3 Å². The van der Waals surface area contributed by atoms with Crippen LogP contribution in [0, 0.1) is 0 Å². The zero-order chi connectivity index (χ0) is 4.99. The van der Waals surface area contributed by atoms with Crippen molar-refractivity contribution in [3.63, 3.8) is 0 Å². The summed E-state index contributed by atoms with van der Waals surface area (Å²) in [6.45, 7) is 0.495. The number of carbonyl (C=O) groups is 1. The van der Waals surface area contributed by atoms with Gasteiger partial charge in [-0.3, -0.25) is 4.79 Å². The van der Waals surface area contributed by atoms with E-state index in [-0.39, 0.29) is 5.91 Å². The minimum atomic E-state index is -0.769. The molecule has 1 N–H and O–H groups in total. The van der Waals surface area contributed by atoms with Crippen molar-refractivity contribution in [3.05, 3.63) is 0 Å². The average molecular weight is 91.1 g/mol. The molecule has 0 bridgehead atoms. The highest BCUT2D eigenvalue weighted by molar-refractivity contribution is 5.72. The Morgan fingerprint density at radius 3 is 2.50 bits per heavy atom. The normalized spacial score (nSPS) is 7.67. The molecule has 0 radical (unpaired) electrons. The summed E-state index contributed by atoms with van der Waals surface area (Å²) in [5, 5.41) is 1.90. The van der Waals surface area contributed by atoms with Crippen molar-refractivity contribution in [1.82, 2.24) is 5.32 Å². The maximum Gasteiger partial charge on any atom is 0.218 e. The van der Waals surface area contributed by atoms with Crippen molar-refractivity contribution >= 4 is 5.91 Å². The minimum Gasteiger partial charge on any atom is -0.329 e. The fourth-order valence-electron chi connectivity index (χ4n) is 0.0941. The fraction of sp³-hybridized carbons (Fsp3) is 0.667. The summed E-state index contributed by atoms with van der Waals surface area (Å²) in [4.78, 5) is 9.69. The molecule has 1 amide bonds. The lowest BCUT2D eigenvalue weighted by atomic mass is 10.7. The highest BCUT2D eigenvalue weighted by Gasteiger charge is 1.81. The van der Waals surface area contributed by atoms with Crippen LogP contribution in [0.25, 0.3) is 0 Å². The Bertz CT molecular complexity index is 54.8. The number of alkyl halides is 1. The van der Waals surface area contributed by atoms with Crippen LogP contribution in [-0.2, 0) is 4.79 Å². The van der Waals surface area contributed by atoms with Crippen LogP contribution in [0.5, 0.6) is 0 Å². The van der Waals surface area contributed by atoms with Gasteiger partial charge in [0.2, 0.25) is 5.91 Å². The van der Waals surface area contributed by atoms with Gasteiger partial charge >= 0.3 is 0 Å². The van der Waals surface area contributed by atoms with Gasteiger partial charge in [-0.15, -0.1) is 0 Å². The summed E-state index contributed by atoms with van der Waals surface area (Å²) < 4.78 is 10.9. The third-order valence-corrected chi connectivity index (χ3v) is 0.316. The van der Waals surface area contributed by atoms with Gasteiger partial charge in [-0.1, -0.05) is 0 Å². The summed E-state index contributed by atoms with van der Waals surface area (Å²) in [6.07, 6.45) is 0. The second-order valence-electron chi connectivity index (χ2n) is 0.867. The Morgan fingerprint density at radius 1 is 2.00 bits per heavy atom. The first-order valence-corrected chi connectivity index (χ1v) is 1.57. The van der Waals surface area contributed by atoms with E-state index < -0.39 is 6.80 Å². The Balaban J connectivity index is 2.83. The first-order chi connectivity index (χ1) is 2.77. The molecule has 0 fully saturated rings. The number of halogens is 1. The molecule has 0 aromatic carbocycles. The molecule has 0 aromatic heterocycles. The predicted molar refractivity (Wildman–Crippen MR) is 19.8 cm³/mol. The molecule has 0 rings (SSSR count). The van der Waals surface area contributed by atoms with Crippen LogP contribution in [0.3, 0.4) is 0 Å². The van der Waals surface area contributed by atoms with Gasteiger partial charge in [0.25, 0.3) is 0 Å². The van der Waals surface area contributed by atoms with Gasteiger partial charge in [-0.05, 0) is 0 Å². The van der Waals surface area contributed by atoms with Gasteiger partial charge in [-0.25, -0.2) is 4.39 Å². The summed E-state index contributed by atoms with van der Waals surface area (Å²) >= 11 is 0. The zero-order valence-corrected chi connectivity index (χ0v) is 3.49. The van der Waals surface area contributed by atoms with E-state index in [1.165, 1.54) is 6.92 Å². The Kier molecular flexibility index (Phi) is 2.36. The molecular weight excluding hydrogens is 85.0 g/mol. The molecule has 0 saturated carbocycles. The van der Waals surface area contributed by atoms with E-state index in [9.17, 15) is 9.18 Å². The van der Waals surface area contributed by atoms with E-state index in [1.54, 1.807) is 0 Å². The molecule has 0 atom stereocenters. The molecule has 6 heavy (non-hydrogen) atoms. The maximum atomic E-state index is 10.9. The molecule has 2 nitrogen and oxygen atoms in total. The van der Waals surface area contributed by atoms with E-state index in [4.69, 9.17) is 0 Å². The van der Waals surface area contributed by atoms with Gasteiger partial charge in [0.1, 0.15) is 0 Å². The van der Waals surface area contributed by atoms with Crippen molar-refractivity contribution < 1.29 is 9.18 Å². The number of amides is 1. The molecule has 0 spiro atoms. The smallest absolute Gasteiger partial charge is 0.218 e. The molecule has 3 heteroatoms. The first-order valence-electron chi connectivity index (χ1n) is 1.57. The standard InChI is InChI=1S/C3H6FNO/c1-3(6)5-2-4/h2H2,1H3,(H,5,6). The van der Waals surface area contributed by atoms with Crippen LogP contribution >= 0.6 is 0 Å². The largest absolute Gasteiger partial charge is 0.329 e. The highest BCUT2D eigenvalue weighted by atomic mass is 19.1. The number of rotatable bonds is 1. The van der Waals surface area contributed by atoms with Crippen molar-refractivity contribution in [2.75, 3.05) is 6.80 Å². The molecular formula is C3H6FNO. The molecule has 0 saturated heterocycles. The lowest BCUT2D eigenvalue weighted by Gasteiger charge is -1.86. The van der Waals surface area contributed by atoms with Crippen LogP contribution in [0.2, 0.25) is 0 Å². The van der Waals surface area contributed by atoms with Gasteiger partial charge in [0, 0.05) is 6.92 Å². The summed E-state index contributed by atoms with van der Waals surface area (Å²) in [7, 11) is 0. The molecule has 0 aromatic rings. The van der Waals surface area contributed by atoms with Crippen LogP contribution < -0.4 is 5.32 Å². The van der Waals surface area contributed by atoms with E-state index in [1.807, 2.05) is 5.32 Å². The fourth-order valence-corrected chi connectivity index (χ4v) is 0.0941. The first kappa shape index (κ1) is 5.40. The molecule has 0 aliphatic heterocycles. The second kappa shape index (κ2) is 2.63. The number of carbonyl (C=O) groups excluding carboxylic acids is 1. The third kappa shape index (κ3) is 3.40. The summed E-state index contributed by atoms with van der Waals surface area (Å²) in [5.41, 5.74) is 0. The van der Waals surface area contributed by atoms with E-state index >= 15 is 0 Å². The lowest BCUT2D eigenvalue weighted by molar-refractivity contribution is -0.119. The number of nitrogens with one attached hydrogen (secondary N) is 1. The summed E-state index contributed by atoms with van der Waals surface area (Å²) in [6, 6.07) is 0. The van der Waals surface area contributed by atoms with Gasteiger partial charge in [-0.2, -0.15) is 0 Å². The Hall–Kier alpha value is -0.600. The van der Waals surface area contributed by atoms with Crippen LogP contribution in [-0.4, -0.2) is 12.7 Å². The monoisotopic (exact) mass is 91.0 g/mol. The predicted octanol–water partition coefficient (Wildman–Crippen LogP) is 0.0495. The average Bonchev–Trinajstić information content (AvgIpc) is 1.35. The third-order valence-electron chi connectivity index (χ3n) is 0.316. The van der Waals surface area contributed by atoms with Crippen LogP contribution in [0.1, 0.15) is 6.92 Å². The molecule has 0 unspecified atom stereocenters. The highest BCUT2D eigenvalue weighted by Crippen LogP contribution is 1.57. The lowest BCUT2D eigenvalue weighted by Crippen LogP contribution is -2.17. The van der Waals surface area contributed by atoms with Crippen molar-refractivity contribution in [2.24, 2.45) is 0 Å². The number of hydrogen-bond donors (Lipinski definition) is 1. The zero-order valence-electron chi connectivity index (χ0n) is 3.49. The van der Waals surface area contributed by atoms with Crippen molar-refractivity contribution in [1.29, 1.82) is 0 Å². The Morgan fingerprint density at radius 2 is 2.50 bits per heavy atom. The van der Waals surface area contributed by atoms with E-state index in [0.29, 0.717) is 0 Å². The van der Waals surface area contributed by atoms with E-state index in [0.717, 1.165) is 0 Å². The van der Waals surface area contributed by atoms with Crippen LogP contribution in [0.4, 0.5) is 4.39 Å². The second-order valence-corrected chi connectivity index (χ2v) is 0.867. The quantitative estimate of drug-likeness (QED) is 0.454. The topological polar surface area (TPSA) is 29.1 Å². The molecule has 36 valence electrons. The molecule has 0 heterocycles. The van der Waals surface area contributed by atoms with Gasteiger partial charge < -0.3 is 5.32 Å². The van der Waals surface area contributed by atoms with Crippen molar-refractivity contribution in [2.45, 2.75) is 6.92 Å². The molecule has 0 aliphatic rings. The minimum absolute atomic E-state index is 0.336. The SMILES string of the molecule is CC(=O)NCF.